The molecule has 4 nitrogen and oxygen atoms in total. The zero-order chi connectivity index (χ0) is 12.7. The molecule has 0 bridgehead atoms. The monoisotopic (exact) mass is 241 g/mol. The first-order valence-corrected chi connectivity index (χ1v) is 5.26. The largest absolute Gasteiger partial charge is 0.382 e. The third-order valence-electron chi connectivity index (χ3n) is 2.11. The van der Waals surface area contributed by atoms with E-state index in [0.717, 1.165) is 0 Å². The summed E-state index contributed by atoms with van der Waals surface area (Å²) in [6, 6.07) is 4.40. The number of aryl methyl sites for hydroxylation is 1. The smallest absolute Gasteiger partial charge is 0.250 e. The van der Waals surface area contributed by atoms with E-state index in [1.807, 2.05) is 0 Å². The van der Waals surface area contributed by atoms with Crippen LogP contribution in [0.3, 0.4) is 0 Å². The predicted molar refractivity (Wildman–Crippen MR) is 62.5 cm³/mol. The molecule has 1 amide bonds. The van der Waals surface area contributed by atoms with E-state index < -0.39 is 0 Å². The lowest BCUT2D eigenvalue weighted by molar-refractivity contribution is -0.121. The summed E-state index contributed by atoms with van der Waals surface area (Å²) in [6.07, 6.45) is 0. The van der Waals surface area contributed by atoms with Gasteiger partial charge in [0, 0.05) is 12.8 Å². The number of hydrogen-bond donors (Lipinski definition) is 1. The Bertz CT molecular complexity index is 382. The van der Waals surface area contributed by atoms with Gasteiger partial charge < -0.3 is 14.8 Å². The molecule has 0 aromatic heterocycles. The number of halogens is 1. The van der Waals surface area contributed by atoms with E-state index in [4.69, 9.17) is 9.47 Å². The van der Waals surface area contributed by atoms with Crippen molar-refractivity contribution < 1.29 is 18.7 Å². The van der Waals surface area contributed by atoms with Crippen LogP contribution in [-0.4, -0.2) is 32.8 Å². The molecule has 0 fully saturated rings. The minimum Gasteiger partial charge on any atom is -0.382 e. The lowest BCUT2D eigenvalue weighted by Crippen LogP contribution is -2.19. The van der Waals surface area contributed by atoms with Gasteiger partial charge >= 0.3 is 0 Å². The Morgan fingerprint density at radius 2 is 2.18 bits per heavy atom. The van der Waals surface area contributed by atoms with Gasteiger partial charge in [0.25, 0.3) is 0 Å². The summed E-state index contributed by atoms with van der Waals surface area (Å²) in [6.45, 7) is 2.41. The number of hydrogen-bond acceptors (Lipinski definition) is 3. The van der Waals surface area contributed by atoms with E-state index in [1.54, 1.807) is 20.1 Å². The second-order valence-corrected chi connectivity index (χ2v) is 3.56. The van der Waals surface area contributed by atoms with Crippen molar-refractivity contribution in [2.24, 2.45) is 0 Å². The summed E-state index contributed by atoms with van der Waals surface area (Å²) in [5.74, 6) is -0.563. The molecule has 0 atom stereocenters. The first kappa shape index (κ1) is 13.6. The van der Waals surface area contributed by atoms with Crippen molar-refractivity contribution in [3.05, 3.63) is 29.6 Å². The number of methoxy groups -OCH3 is 1. The zero-order valence-corrected chi connectivity index (χ0v) is 9.96. The number of rotatable bonds is 6. The Morgan fingerprint density at radius 1 is 1.41 bits per heavy atom. The van der Waals surface area contributed by atoms with Gasteiger partial charge in [0.2, 0.25) is 5.91 Å². The van der Waals surface area contributed by atoms with Crippen molar-refractivity contribution in [1.29, 1.82) is 0 Å². The van der Waals surface area contributed by atoms with Crippen molar-refractivity contribution in [2.75, 3.05) is 32.2 Å². The molecule has 0 radical (unpaired) electrons. The van der Waals surface area contributed by atoms with Gasteiger partial charge in [-0.15, -0.1) is 0 Å². The Balaban J connectivity index is 2.37. The molecule has 1 aromatic carbocycles. The van der Waals surface area contributed by atoms with Crippen LogP contribution in [0.4, 0.5) is 10.1 Å². The summed E-state index contributed by atoms with van der Waals surface area (Å²) in [5, 5.41) is 2.62. The average molecular weight is 241 g/mol. The van der Waals surface area contributed by atoms with E-state index in [1.165, 1.54) is 12.1 Å². The Labute approximate surface area is 99.7 Å². The maximum atomic E-state index is 13.0. The second-order valence-electron chi connectivity index (χ2n) is 3.56. The number of carbonyl (C=O) groups is 1. The van der Waals surface area contributed by atoms with Crippen LogP contribution in [0.2, 0.25) is 0 Å². The fourth-order valence-electron chi connectivity index (χ4n) is 1.23. The quantitative estimate of drug-likeness (QED) is 0.772. The van der Waals surface area contributed by atoms with E-state index in [-0.39, 0.29) is 18.3 Å². The van der Waals surface area contributed by atoms with E-state index in [0.29, 0.717) is 24.5 Å². The first-order chi connectivity index (χ1) is 8.13. The van der Waals surface area contributed by atoms with Gasteiger partial charge in [0.1, 0.15) is 12.4 Å². The Hall–Kier alpha value is -1.46. The van der Waals surface area contributed by atoms with E-state index >= 15 is 0 Å². The Kier molecular flexibility index (Phi) is 5.59. The molecule has 1 rings (SSSR count). The average Bonchev–Trinajstić information content (AvgIpc) is 2.30. The lowest BCUT2D eigenvalue weighted by atomic mass is 10.2. The van der Waals surface area contributed by atoms with Crippen molar-refractivity contribution in [3.8, 4) is 0 Å². The maximum absolute atomic E-state index is 13.0. The number of benzene rings is 1. The summed E-state index contributed by atoms with van der Waals surface area (Å²) in [5.41, 5.74) is 1.05. The molecule has 1 aromatic rings. The van der Waals surface area contributed by atoms with Crippen molar-refractivity contribution >= 4 is 11.6 Å². The lowest BCUT2D eigenvalue weighted by Gasteiger charge is -2.07. The molecule has 0 saturated heterocycles. The van der Waals surface area contributed by atoms with Crippen molar-refractivity contribution in [3.63, 3.8) is 0 Å². The third-order valence-corrected chi connectivity index (χ3v) is 2.11. The highest BCUT2D eigenvalue weighted by molar-refractivity contribution is 5.91. The van der Waals surface area contributed by atoms with Crippen LogP contribution in [0.15, 0.2) is 18.2 Å². The molecule has 0 heterocycles. The molecule has 94 valence electrons. The van der Waals surface area contributed by atoms with E-state index in [2.05, 4.69) is 5.32 Å². The molecule has 0 aliphatic heterocycles. The van der Waals surface area contributed by atoms with Crippen molar-refractivity contribution in [1.82, 2.24) is 0 Å². The molecular weight excluding hydrogens is 225 g/mol. The van der Waals surface area contributed by atoms with Crippen molar-refractivity contribution in [2.45, 2.75) is 6.92 Å². The standard InChI is InChI=1S/C12H16FNO3/c1-9-7-10(3-4-11(9)13)14-12(15)8-17-6-5-16-2/h3-4,7H,5-6,8H2,1-2H3,(H,14,15). The van der Waals surface area contributed by atoms with E-state index in [9.17, 15) is 9.18 Å². The molecule has 0 saturated carbocycles. The fourth-order valence-corrected chi connectivity index (χ4v) is 1.23. The number of amides is 1. The summed E-state index contributed by atoms with van der Waals surface area (Å²) in [7, 11) is 1.56. The van der Waals surface area contributed by atoms with Gasteiger partial charge in [-0.2, -0.15) is 0 Å². The van der Waals surface area contributed by atoms with Gasteiger partial charge in [-0.3, -0.25) is 4.79 Å². The fraction of sp³-hybridized carbons (Fsp3) is 0.417. The highest BCUT2D eigenvalue weighted by atomic mass is 19.1. The van der Waals surface area contributed by atoms with Gasteiger partial charge in [-0.1, -0.05) is 0 Å². The first-order valence-electron chi connectivity index (χ1n) is 5.26. The van der Waals surface area contributed by atoms with Gasteiger partial charge in [0.15, 0.2) is 0 Å². The Morgan fingerprint density at radius 3 is 2.82 bits per heavy atom. The van der Waals surface area contributed by atoms with Crippen LogP contribution in [0.1, 0.15) is 5.56 Å². The minimum atomic E-state index is -0.292. The molecule has 0 unspecified atom stereocenters. The van der Waals surface area contributed by atoms with Crippen LogP contribution in [0.25, 0.3) is 0 Å². The number of nitrogens with one attached hydrogen (secondary N) is 1. The summed E-state index contributed by atoms with van der Waals surface area (Å²) in [4.78, 5) is 11.4. The number of ether oxygens (including phenoxy) is 2. The number of anilines is 1. The van der Waals surface area contributed by atoms with Crippen LogP contribution in [0, 0.1) is 12.7 Å². The SMILES string of the molecule is COCCOCC(=O)Nc1ccc(F)c(C)c1. The predicted octanol–water partition coefficient (Wildman–Crippen LogP) is 1.74. The molecule has 0 aliphatic carbocycles. The highest BCUT2D eigenvalue weighted by Gasteiger charge is 2.04. The molecular formula is C12H16FNO3. The third kappa shape index (κ3) is 4.93. The highest BCUT2D eigenvalue weighted by Crippen LogP contribution is 2.13. The molecule has 17 heavy (non-hydrogen) atoms. The van der Waals surface area contributed by atoms with Crippen LogP contribution in [-0.2, 0) is 14.3 Å². The maximum Gasteiger partial charge on any atom is 0.250 e. The van der Waals surface area contributed by atoms with Gasteiger partial charge in [0.05, 0.1) is 13.2 Å². The molecule has 0 aliphatic rings. The number of carbonyl (C=O) groups excluding carboxylic acids is 1. The molecule has 0 spiro atoms. The minimum absolute atomic E-state index is 0.0419. The van der Waals surface area contributed by atoms with Gasteiger partial charge in [-0.05, 0) is 30.7 Å². The molecule has 5 heteroatoms. The topological polar surface area (TPSA) is 47.6 Å². The van der Waals surface area contributed by atoms with Gasteiger partial charge in [-0.25, -0.2) is 4.39 Å². The zero-order valence-electron chi connectivity index (χ0n) is 9.96. The molecule has 1 N–H and O–H groups in total. The summed E-state index contributed by atoms with van der Waals surface area (Å²) < 4.78 is 22.8. The van der Waals surface area contributed by atoms with Crippen LogP contribution in [0.5, 0.6) is 0 Å². The summed E-state index contributed by atoms with van der Waals surface area (Å²) >= 11 is 0. The van der Waals surface area contributed by atoms with Crippen LogP contribution < -0.4 is 5.32 Å². The van der Waals surface area contributed by atoms with Crippen LogP contribution >= 0.6 is 0 Å². The normalized spacial score (nSPS) is 10.3. The second kappa shape index (κ2) is 6.98.